The zero-order valence-electron chi connectivity index (χ0n) is 14.3. The minimum absolute atomic E-state index is 0.516. The number of nitrogens with zero attached hydrogens (tertiary/aromatic N) is 1. The van der Waals surface area contributed by atoms with Crippen LogP contribution >= 0.6 is 0 Å². The molecule has 21 heavy (non-hydrogen) atoms. The van der Waals surface area contributed by atoms with Crippen molar-refractivity contribution in [2.45, 2.75) is 70.8 Å². The molecular formula is C18H36N2O. The van der Waals surface area contributed by atoms with Crippen LogP contribution in [0.15, 0.2) is 0 Å². The van der Waals surface area contributed by atoms with E-state index in [1.807, 2.05) is 0 Å². The van der Waals surface area contributed by atoms with Gasteiger partial charge in [-0.05, 0) is 44.1 Å². The highest BCUT2D eigenvalue weighted by molar-refractivity contribution is 4.90. The zero-order valence-corrected chi connectivity index (χ0v) is 14.3. The summed E-state index contributed by atoms with van der Waals surface area (Å²) in [5.74, 6) is 0. The summed E-state index contributed by atoms with van der Waals surface area (Å²) in [4.78, 5) is 2.81. The molecule has 0 aromatic rings. The molecule has 0 amide bonds. The maximum Gasteiger partial charge on any atom is 0.0587 e. The molecule has 0 spiro atoms. The van der Waals surface area contributed by atoms with Gasteiger partial charge < -0.3 is 10.1 Å². The fourth-order valence-corrected chi connectivity index (χ4v) is 4.39. The van der Waals surface area contributed by atoms with Crippen molar-refractivity contribution in [3.63, 3.8) is 0 Å². The molecule has 1 saturated carbocycles. The second-order valence-corrected chi connectivity index (χ2v) is 7.26. The van der Waals surface area contributed by atoms with E-state index >= 15 is 0 Å². The molecule has 0 aromatic heterocycles. The highest BCUT2D eigenvalue weighted by atomic mass is 16.5. The van der Waals surface area contributed by atoms with Gasteiger partial charge in [0.05, 0.1) is 6.61 Å². The van der Waals surface area contributed by atoms with Gasteiger partial charge in [0.15, 0.2) is 0 Å². The molecule has 1 aliphatic carbocycles. The van der Waals surface area contributed by atoms with Crippen LogP contribution in [0, 0.1) is 5.41 Å². The largest absolute Gasteiger partial charge is 0.383 e. The smallest absolute Gasteiger partial charge is 0.0587 e. The fraction of sp³-hybridized carbons (Fsp3) is 1.00. The number of nitrogens with one attached hydrogen (secondary N) is 1. The Morgan fingerprint density at radius 1 is 1.14 bits per heavy atom. The van der Waals surface area contributed by atoms with E-state index in [1.54, 1.807) is 7.11 Å². The van der Waals surface area contributed by atoms with Crippen LogP contribution in [-0.2, 0) is 4.74 Å². The third-order valence-electron chi connectivity index (χ3n) is 5.66. The summed E-state index contributed by atoms with van der Waals surface area (Å²) in [6, 6.07) is 0.851. The van der Waals surface area contributed by atoms with Gasteiger partial charge in [0.1, 0.15) is 0 Å². The summed E-state index contributed by atoms with van der Waals surface area (Å²) >= 11 is 0. The molecule has 124 valence electrons. The van der Waals surface area contributed by atoms with Gasteiger partial charge >= 0.3 is 0 Å². The molecule has 2 rings (SSSR count). The van der Waals surface area contributed by atoms with Crippen molar-refractivity contribution >= 4 is 0 Å². The second-order valence-electron chi connectivity index (χ2n) is 7.26. The van der Waals surface area contributed by atoms with Gasteiger partial charge in [0.25, 0.3) is 0 Å². The van der Waals surface area contributed by atoms with E-state index in [0.29, 0.717) is 5.41 Å². The third kappa shape index (κ3) is 5.22. The number of ether oxygens (including phenoxy) is 1. The SMILES string of the molecule is CCC1CCCN1CC1(CNCCOC)CCCCCC1. The second kappa shape index (κ2) is 9.12. The van der Waals surface area contributed by atoms with E-state index in [1.165, 1.54) is 77.4 Å². The van der Waals surface area contributed by atoms with Crippen molar-refractivity contribution < 1.29 is 4.74 Å². The summed E-state index contributed by atoms with van der Waals surface area (Å²) in [5, 5.41) is 3.68. The van der Waals surface area contributed by atoms with Crippen molar-refractivity contribution in [2.24, 2.45) is 5.41 Å². The molecule has 0 bridgehead atoms. The van der Waals surface area contributed by atoms with Gasteiger partial charge in [-0.2, -0.15) is 0 Å². The number of methoxy groups -OCH3 is 1. The van der Waals surface area contributed by atoms with Crippen molar-refractivity contribution in [1.29, 1.82) is 0 Å². The highest BCUT2D eigenvalue weighted by Gasteiger charge is 2.35. The van der Waals surface area contributed by atoms with Crippen LogP contribution in [0.2, 0.25) is 0 Å². The Kier molecular flexibility index (Phi) is 7.48. The standard InChI is InChI=1S/C18H36N2O/c1-3-17-9-8-13-20(17)16-18(15-19-12-14-21-2)10-6-4-5-7-11-18/h17,19H,3-16H2,1-2H3. The fourth-order valence-electron chi connectivity index (χ4n) is 4.39. The van der Waals surface area contributed by atoms with Crippen LogP contribution in [0.25, 0.3) is 0 Å². The molecule has 1 N–H and O–H groups in total. The highest BCUT2D eigenvalue weighted by Crippen LogP contribution is 2.37. The lowest BCUT2D eigenvalue weighted by atomic mass is 9.79. The normalized spacial score (nSPS) is 26.9. The molecule has 3 nitrogen and oxygen atoms in total. The summed E-state index contributed by atoms with van der Waals surface area (Å²) in [7, 11) is 1.79. The van der Waals surface area contributed by atoms with E-state index < -0.39 is 0 Å². The molecule has 2 fully saturated rings. The van der Waals surface area contributed by atoms with Crippen molar-refractivity contribution in [3.8, 4) is 0 Å². The molecule has 1 atom stereocenters. The van der Waals surface area contributed by atoms with E-state index in [4.69, 9.17) is 4.74 Å². The minimum Gasteiger partial charge on any atom is -0.383 e. The topological polar surface area (TPSA) is 24.5 Å². The Labute approximate surface area is 131 Å². The van der Waals surface area contributed by atoms with Crippen molar-refractivity contribution in [1.82, 2.24) is 10.2 Å². The van der Waals surface area contributed by atoms with Crippen LogP contribution < -0.4 is 5.32 Å². The molecule has 0 aromatic carbocycles. The number of likely N-dealkylation sites (tertiary alicyclic amines) is 1. The van der Waals surface area contributed by atoms with Crippen LogP contribution in [0.5, 0.6) is 0 Å². The van der Waals surface area contributed by atoms with Gasteiger partial charge in [-0.15, -0.1) is 0 Å². The summed E-state index contributed by atoms with van der Waals surface area (Å²) < 4.78 is 5.18. The van der Waals surface area contributed by atoms with E-state index in [-0.39, 0.29) is 0 Å². The average molecular weight is 296 g/mol. The summed E-state index contributed by atoms with van der Waals surface area (Å²) in [6.07, 6.45) is 12.7. The molecule has 1 aliphatic heterocycles. The first-order valence-electron chi connectivity index (χ1n) is 9.23. The predicted octanol–water partition coefficient (Wildman–Crippen LogP) is 3.44. The van der Waals surface area contributed by atoms with Crippen molar-refractivity contribution in [2.75, 3.05) is 39.9 Å². The lowest BCUT2D eigenvalue weighted by Gasteiger charge is -2.39. The minimum atomic E-state index is 0.516. The van der Waals surface area contributed by atoms with Crippen LogP contribution in [-0.4, -0.2) is 50.8 Å². The number of rotatable bonds is 8. The molecule has 3 heteroatoms. The third-order valence-corrected chi connectivity index (χ3v) is 5.66. The van der Waals surface area contributed by atoms with Crippen molar-refractivity contribution in [3.05, 3.63) is 0 Å². The molecule has 2 aliphatic rings. The van der Waals surface area contributed by atoms with Crippen LogP contribution in [0.4, 0.5) is 0 Å². The number of hydrogen-bond acceptors (Lipinski definition) is 3. The van der Waals surface area contributed by atoms with Gasteiger partial charge in [0.2, 0.25) is 0 Å². The maximum atomic E-state index is 5.18. The first-order chi connectivity index (χ1) is 10.3. The first-order valence-corrected chi connectivity index (χ1v) is 9.23. The van der Waals surface area contributed by atoms with Gasteiger partial charge in [0, 0.05) is 32.8 Å². The number of hydrogen-bond donors (Lipinski definition) is 1. The Morgan fingerprint density at radius 2 is 1.90 bits per heavy atom. The summed E-state index contributed by atoms with van der Waals surface area (Å²) in [5.41, 5.74) is 0.516. The maximum absolute atomic E-state index is 5.18. The predicted molar refractivity (Wildman–Crippen MR) is 89.8 cm³/mol. The Bertz CT molecular complexity index is 274. The van der Waals surface area contributed by atoms with Gasteiger partial charge in [-0.25, -0.2) is 0 Å². The Balaban J connectivity index is 1.93. The lowest BCUT2D eigenvalue weighted by Crippen LogP contribution is -2.46. The van der Waals surface area contributed by atoms with E-state index in [2.05, 4.69) is 17.1 Å². The molecule has 1 saturated heterocycles. The quantitative estimate of drug-likeness (QED) is 0.548. The van der Waals surface area contributed by atoms with Gasteiger partial charge in [-0.1, -0.05) is 32.6 Å². The molecule has 0 radical (unpaired) electrons. The molecule has 1 heterocycles. The monoisotopic (exact) mass is 296 g/mol. The first kappa shape index (κ1) is 17.2. The van der Waals surface area contributed by atoms with Crippen LogP contribution in [0.3, 0.4) is 0 Å². The van der Waals surface area contributed by atoms with E-state index in [9.17, 15) is 0 Å². The Morgan fingerprint density at radius 3 is 2.57 bits per heavy atom. The van der Waals surface area contributed by atoms with Crippen LogP contribution in [0.1, 0.15) is 64.7 Å². The van der Waals surface area contributed by atoms with Gasteiger partial charge in [-0.3, -0.25) is 4.90 Å². The molecule has 1 unspecified atom stereocenters. The average Bonchev–Trinajstić information content (AvgIpc) is 2.81. The lowest BCUT2D eigenvalue weighted by molar-refractivity contribution is 0.112. The zero-order chi connectivity index (χ0) is 15.0. The molecular weight excluding hydrogens is 260 g/mol. The Hall–Kier alpha value is -0.120. The summed E-state index contributed by atoms with van der Waals surface area (Å²) in [6.45, 7) is 8.03. The van der Waals surface area contributed by atoms with E-state index in [0.717, 1.165) is 19.2 Å².